The average Bonchev–Trinajstić information content (AvgIpc) is 2.91. The SMILES string of the molecule is Cc1ccc(Cl)c(OC[C@@H](O)Cn2cnc3cc(C)c(C)cc32)c1. The van der Waals surface area contributed by atoms with E-state index in [0.717, 1.165) is 16.6 Å². The van der Waals surface area contributed by atoms with Gasteiger partial charge in [-0.2, -0.15) is 0 Å². The number of rotatable bonds is 5. The maximum absolute atomic E-state index is 10.3. The van der Waals surface area contributed by atoms with E-state index in [0.29, 0.717) is 17.3 Å². The van der Waals surface area contributed by atoms with Crippen LogP contribution in [0.5, 0.6) is 5.75 Å². The molecule has 0 bridgehead atoms. The topological polar surface area (TPSA) is 47.3 Å². The van der Waals surface area contributed by atoms with Crippen molar-refractivity contribution in [3.05, 3.63) is 58.4 Å². The highest BCUT2D eigenvalue weighted by atomic mass is 35.5. The minimum atomic E-state index is -0.652. The van der Waals surface area contributed by atoms with E-state index < -0.39 is 6.10 Å². The Morgan fingerprint density at radius 3 is 2.71 bits per heavy atom. The van der Waals surface area contributed by atoms with Crippen LogP contribution < -0.4 is 4.74 Å². The van der Waals surface area contributed by atoms with Crippen molar-refractivity contribution in [2.75, 3.05) is 6.61 Å². The van der Waals surface area contributed by atoms with E-state index in [1.807, 2.05) is 23.6 Å². The summed E-state index contributed by atoms with van der Waals surface area (Å²) in [5, 5.41) is 10.9. The highest BCUT2D eigenvalue weighted by molar-refractivity contribution is 6.32. The van der Waals surface area contributed by atoms with Crippen LogP contribution in [0, 0.1) is 20.8 Å². The van der Waals surface area contributed by atoms with Crippen molar-refractivity contribution < 1.29 is 9.84 Å². The Hall–Kier alpha value is -2.04. The fourth-order valence-corrected chi connectivity index (χ4v) is 2.82. The summed E-state index contributed by atoms with van der Waals surface area (Å²) < 4.78 is 7.62. The summed E-state index contributed by atoms with van der Waals surface area (Å²) in [5.74, 6) is 0.595. The van der Waals surface area contributed by atoms with Crippen molar-refractivity contribution in [2.45, 2.75) is 33.4 Å². The zero-order chi connectivity index (χ0) is 17.3. The van der Waals surface area contributed by atoms with Gasteiger partial charge in [0.2, 0.25) is 0 Å². The third-order valence-electron chi connectivity index (χ3n) is 4.16. The zero-order valence-electron chi connectivity index (χ0n) is 14.1. The number of aryl methyl sites for hydroxylation is 3. The van der Waals surface area contributed by atoms with Gasteiger partial charge >= 0.3 is 0 Å². The molecular formula is C19H21ClN2O2. The van der Waals surface area contributed by atoms with Crippen molar-refractivity contribution in [2.24, 2.45) is 0 Å². The van der Waals surface area contributed by atoms with Gasteiger partial charge in [-0.25, -0.2) is 4.98 Å². The molecule has 0 fully saturated rings. The molecule has 5 heteroatoms. The quantitative estimate of drug-likeness (QED) is 0.759. The number of aromatic nitrogens is 2. The van der Waals surface area contributed by atoms with E-state index in [1.165, 1.54) is 11.1 Å². The number of imidazole rings is 1. The number of fused-ring (bicyclic) bond motifs is 1. The van der Waals surface area contributed by atoms with Gasteiger partial charge in [0.1, 0.15) is 18.5 Å². The second kappa shape index (κ2) is 6.83. The molecule has 0 spiro atoms. The van der Waals surface area contributed by atoms with Gasteiger partial charge in [0.15, 0.2) is 0 Å². The van der Waals surface area contributed by atoms with Crippen LogP contribution in [0.3, 0.4) is 0 Å². The van der Waals surface area contributed by atoms with E-state index in [2.05, 4.69) is 31.0 Å². The molecule has 0 saturated carbocycles. The molecule has 1 N–H and O–H groups in total. The lowest BCUT2D eigenvalue weighted by molar-refractivity contribution is 0.0934. The molecule has 1 atom stereocenters. The molecule has 4 nitrogen and oxygen atoms in total. The smallest absolute Gasteiger partial charge is 0.138 e. The number of ether oxygens (including phenoxy) is 1. The Morgan fingerprint density at radius 2 is 1.92 bits per heavy atom. The van der Waals surface area contributed by atoms with Crippen LogP contribution in [0.2, 0.25) is 5.02 Å². The van der Waals surface area contributed by atoms with Crippen LogP contribution in [0.1, 0.15) is 16.7 Å². The van der Waals surface area contributed by atoms with Crippen molar-refractivity contribution in [1.82, 2.24) is 9.55 Å². The molecule has 126 valence electrons. The second-order valence-electron chi connectivity index (χ2n) is 6.22. The number of hydrogen-bond donors (Lipinski definition) is 1. The summed E-state index contributed by atoms with van der Waals surface area (Å²) in [6.45, 7) is 6.71. The van der Waals surface area contributed by atoms with E-state index in [9.17, 15) is 5.11 Å². The van der Waals surface area contributed by atoms with Crippen LogP contribution in [0.25, 0.3) is 11.0 Å². The monoisotopic (exact) mass is 344 g/mol. The second-order valence-corrected chi connectivity index (χ2v) is 6.63. The van der Waals surface area contributed by atoms with E-state index in [-0.39, 0.29) is 6.61 Å². The maximum atomic E-state index is 10.3. The Kier molecular flexibility index (Phi) is 4.78. The average molecular weight is 345 g/mol. The van der Waals surface area contributed by atoms with Crippen molar-refractivity contribution in [3.8, 4) is 5.75 Å². The Labute approximate surface area is 146 Å². The lowest BCUT2D eigenvalue weighted by Gasteiger charge is -2.15. The lowest BCUT2D eigenvalue weighted by atomic mass is 10.1. The third kappa shape index (κ3) is 3.55. The van der Waals surface area contributed by atoms with Crippen molar-refractivity contribution in [1.29, 1.82) is 0 Å². The molecule has 0 unspecified atom stereocenters. The fourth-order valence-electron chi connectivity index (χ4n) is 2.65. The third-order valence-corrected chi connectivity index (χ3v) is 4.47. The first-order valence-corrected chi connectivity index (χ1v) is 8.31. The molecule has 3 aromatic rings. The van der Waals surface area contributed by atoms with Gasteiger partial charge in [0.25, 0.3) is 0 Å². The molecule has 1 aromatic heterocycles. The standard InChI is InChI=1S/C19H21ClN2O2/c1-12-4-5-16(20)19(6-12)24-10-15(23)9-22-11-21-17-7-13(2)14(3)8-18(17)22/h4-8,11,15,23H,9-10H2,1-3H3/t15-/m0/s1. The number of aliphatic hydroxyl groups is 1. The number of aliphatic hydroxyl groups excluding tert-OH is 1. The van der Waals surface area contributed by atoms with E-state index in [1.54, 1.807) is 12.4 Å². The first kappa shape index (κ1) is 16.8. The number of nitrogens with zero attached hydrogens (tertiary/aromatic N) is 2. The zero-order valence-corrected chi connectivity index (χ0v) is 14.8. The molecular weight excluding hydrogens is 324 g/mol. The molecule has 24 heavy (non-hydrogen) atoms. The van der Waals surface area contributed by atoms with Crippen LogP contribution in [-0.4, -0.2) is 27.4 Å². The molecule has 0 aliphatic carbocycles. The number of hydrogen-bond acceptors (Lipinski definition) is 3. The van der Waals surface area contributed by atoms with Gasteiger partial charge in [-0.3, -0.25) is 0 Å². The molecule has 0 aliphatic heterocycles. The molecule has 0 aliphatic rings. The Balaban J connectivity index is 1.70. The molecule has 0 amide bonds. The van der Waals surface area contributed by atoms with Gasteiger partial charge in [-0.1, -0.05) is 17.7 Å². The predicted molar refractivity (Wildman–Crippen MR) is 96.9 cm³/mol. The summed E-state index contributed by atoms with van der Waals surface area (Å²) >= 11 is 6.11. The number of benzene rings is 2. The summed E-state index contributed by atoms with van der Waals surface area (Å²) in [5.41, 5.74) is 5.45. The van der Waals surface area contributed by atoms with Gasteiger partial charge in [-0.15, -0.1) is 0 Å². The van der Waals surface area contributed by atoms with E-state index in [4.69, 9.17) is 16.3 Å². The molecule has 1 heterocycles. The summed E-state index contributed by atoms with van der Waals surface area (Å²) in [7, 11) is 0. The highest BCUT2D eigenvalue weighted by Crippen LogP contribution is 2.25. The predicted octanol–water partition coefficient (Wildman–Crippen LogP) is 4.05. The Bertz CT molecular complexity index is 873. The normalized spacial score (nSPS) is 12.5. The molecule has 3 rings (SSSR count). The first-order chi connectivity index (χ1) is 11.4. The maximum Gasteiger partial charge on any atom is 0.138 e. The fraction of sp³-hybridized carbons (Fsp3) is 0.316. The number of halogens is 1. The largest absolute Gasteiger partial charge is 0.489 e. The summed E-state index contributed by atoms with van der Waals surface area (Å²) in [6.07, 6.45) is 1.10. The van der Waals surface area contributed by atoms with Crippen LogP contribution in [0.4, 0.5) is 0 Å². The highest BCUT2D eigenvalue weighted by Gasteiger charge is 2.12. The summed E-state index contributed by atoms with van der Waals surface area (Å²) in [6, 6.07) is 9.76. The van der Waals surface area contributed by atoms with Crippen molar-refractivity contribution in [3.63, 3.8) is 0 Å². The van der Waals surface area contributed by atoms with Crippen LogP contribution in [0.15, 0.2) is 36.7 Å². The minimum absolute atomic E-state index is 0.174. The van der Waals surface area contributed by atoms with Gasteiger partial charge in [0, 0.05) is 0 Å². The minimum Gasteiger partial charge on any atom is -0.489 e. The van der Waals surface area contributed by atoms with Crippen molar-refractivity contribution >= 4 is 22.6 Å². The van der Waals surface area contributed by atoms with Gasteiger partial charge in [0.05, 0.1) is 28.9 Å². The molecule has 0 saturated heterocycles. The van der Waals surface area contributed by atoms with Gasteiger partial charge in [-0.05, 0) is 61.7 Å². The summed E-state index contributed by atoms with van der Waals surface area (Å²) in [4.78, 5) is 4.41. The van der Waals surface area contributed by atoms with Gasteiger partial charge < -0.3 is 14.4 Å². The van der Waals surface area contributed by atoms with Crippen LogP contribution in [-0.2, 0) is 6.54 Å². The molecule has 0 radical (unpaired) electrons. The Morgan fingerprint density at radius 1 is 1.17 bits per heavy atom. The van der Waals surface area contributed by atoms with E-state index >= 15 is 0 Å². The first-order valence-electron chi connectivity index (χ1n) is 7.93. The lowest BCUT2D eigenvalue weighted by Crippen LogP contribution is -2.23. The van der Waals surface area contributed by atoms with Crippen LogP contribution >= 0.6 is 11.6 Å². The molecule has 2 aromatic carbocycles.